The van der Waals surface area contributed by atoms with Crippen LogP contribution in [0.25, 0.3) is 16.9 Å². The highest BCUT2D eigenvalue weighted by atomic mass is 19.1. The summed E-state index contributed by atoms with van der Waals surface area (Å²) in [7, 11) is 2.15. The van der Waals surface area contributed by atoms with Crippen LogP contribution in [0.1, 0.15) is 42.6 Å². The highest BCUT2D eigenvalue weighted by Crippen LogP contribution is 2.39. The molecule has 0 radical (unpaired) electrons. The van der Waals surface area contributed by atoms with Crippen LogP contribution in [0.3, 0.4) is 0 Å². The van der Waals surface area contributed by atoms with E-state index in [9.17, 15) is 19.6 Å². The van der Waals surface area contributed by atoms with E-state index >= 15 is 0 Å². The highest BCUT2D eigenvalue weighted by molar-refractivity contribution is 6.00. The van der Waals surface area contributed by atoms with E-state index in [4.69, 9.17) is 0 Å². The van der Waals surface area contributed by atoms with E-state index in [0.717, 1.165) is 37.1 Å². The van der Waals surface area contributed by atoms with Crippen LogP contribution in [-0.2, 0) is 0 Å². The molecule has 3 aromatic rings. The molecule has 0 bridgehead atoms. The van der Waals surface area contributed by atoms with E-state index in [1.165, 1.54) is 26.2 Å². The number of aromatic nitrogens is 3. The number of carbonyl (C=O) groups is 1. The Morgan fingerprint density at radius 2 is 2.00 bits per heavy atom. The molecular weight excluding hydrogens is 473 g/mol. The standard InChI is InChI=1S/C27H32FN7O2/c1-27(2,37)25(28)13-31-26(36)21-12-30-23(24-5-4-20-6-16(10-29)11-32-35(20)24)9-22(21)33-19-7-17-14-34(3)15-18(17)8-19/h4-6,9,11-12,17-19,25,37H,7-8,13-15H2,1-3H3,(H,30,33)(H,31,36)/t17-,18+,19-,25-/m1/s1. The molecule has 1 saturated heterocycles. The number of alkyl halides is 1. The van der Waals surface area contributed by atoms with Crippen molar-refractivity contribution in [1.82, 2.24) is 24.8 Å². The summed E-state index contributed by atoms with van der Waals surface area (Å²) in [6.45, 7) is 4.60. The SMILES string of the molecule is CN1C[C@H]2C[C@@H](Nc3cc(-c4ccc5cc(C#N)cnn45)ncc3C(=O)NC[C@@H](F)C(C)(C)O)C[C@H]2C1. The fourth-order valence-corrected chi connectivity index (χ4v) is 5.55. The molecule has 0 aromatic carbocycles. The third-order valence-electron chi connectivity index (χ3n) is 7.54. The van der Waals surface area contributed by atoms with E-state index in [1.807, 2.05) is 18.2 Å². The van der Waals surface area contributed by atoms with Crippen LogP contribution in [0.15, 0.2) is 36.7 Å². The number of amides is 1. The van der Waals surface area contributed by atoms with Crippen LogP contribution in [0, 0.1) is 23.2 Å². The lowest BCUT2D eigenvalue weighted by molar-refractivity contribution is -0.00177. The van der Waals surface area contributed by atoms with Gasteiger partial charge in [0.1, 0.15) is 12.2 Å². The summed E-state index contributed by atoms with van der Waals surface area (Å²) in [5.41, 5.74) is 1.97. The van der Waals surface area contributed by atoms with Crippen LogP contribution in [-0.4, -0.2) is 75.0 Å². The van der Waals surface area contributed by atoms with Crippen molar-refractivity contribution in [2.24, 2.45) is 11.8 Å². The fourth-order valence-electron chi connectivity index (χ4n) is 5.55. The second-order valence-corrected chi connectivity index (χ2v) is 10.9. The maximum absolute atomic E-state index is 14.3. The number of fused-ring (bicyclic) bond motifs is 2. The Morgan fingerprint density at radius 1 is 1.27 bits per heavy atom. The Hall–Kier alpha value is -3.55. The number of nitrogens with zero attached hydrogens (tertiary/aromatic N) is 5. The van der Waals surface area contributed by atoms with Crippen LogP contribution < -0.4 is 10.6 Å². The summed E-state index contributed by atoms with van der Waals surface area (Å²) >= 11 is 0. The van der Waals surface area contributed by atoms with E-state index < -0.39 is 17.7 Å². The van der Waals surface area contributed by atoms with Crippen LogP contribution in [0.5, 0.6) is 0 Å². The van der Waals surface area contributed by atoms with Gasteiger partial charge < -0.3 is 20.6 Å². The van der Waals surface area contributed by atoms with Crippen LogP contribution >= 0.6 is 0 Å². The first-order valence-corrected chi connectivity index (χ1v) is 12.6. The molecule has 10 heteroatoms. The zero-order valence-electron chi connectivity index (χ0n) is 21.3. The van der Waals surface area contributed by atoms with Crippen molar-refractivity contribution in [3.05, 3.63) is 47.8 Å². The lowest BCUT2D eigenvalue weighted by Gasteiger charge is -2.23. The number of hydrogen-bond donors (Lipinski definition) is 3. The number of rotatable bonds is 7. The van der Waals surface area contributed by atoms with Gasteiger partial charge in [-0.25, -0.2) is 8.91 Å². The average Bonchev–Trinajstić information content (AvgIpc) is 3.53. The number of likely N-dealkylation sites (tertiary alicyclic amines) is 1. The molecular formula is C27H32FN7O2. The number of halogens is 1. The lowest BCUT2D eigenvalue weighted by atomic mass is 10.0. The van der Waals surface area contributed by atoms with E-state index in [0.29, 0.717) is 34.3 Å². The van der Waals surface area contributed by atoms with Gasteiger partial charge in [-0.2, -0.15) is 10.4 Å². The zero-order chi connectivity index (χ0) is 26.3. The number of carbonyl (C=O) groups excluding carboxylic acids is 1. The monoisotopic (exact) mass is 505 g/mol. The third kappa shape index (κ3) is 5.15. The first-order chi connectivity index (χ1) is 17.6. The lowest BCUT2D eigenvalue weighted by Crippen LogP contribution is -2.42. The van der Waals surface area contributed by atoms with Gasteiger partial charge in [-0.05, 0) is 69.8 Å². The Bertz CT molecular complexity index is 1350. The van der Waals surface area contributed by atoms with Gasteiger partial charge in [0, 0.05) is 25.3 Å². The van der Waals surface area contributed by atoms with Crippen molar-refractivity contribution in [3.8, 4) is 17.5 Å². The number of pyridine rings is 1. The summed E-state index contributed by atoms with van der Waals surface area (Å²) in [5.74, 6) is 0.810. The first-order valence-electron chi connectivity index (χ1n) is 12.6. The predicted molar refractivity (Wildman–Crippen MR) is 138 cm³/mol. The normalized spacial score (nSPS) is 22.5. The minimum absolute atomic E-state index is 0.219. The van der Waals surface area contributed by atoms with Gasteiger partial charge in [0.15, 0.2) is 0 Å². The fraction of sp³-hybridized carbons (Fsp3) is 0.481. The molecule has 4 atom stereocenters. The van der Waals surface area contributed by atoms with Crippen LogP contribution in [0.2, 0.25) is 0 Å². The smallest absolute Gasteiger partial charge is 0.255 e. The Kier molecular flexibility index (Phi) is 6.60. The number of nitrogens with one attached hydrogen (secondary N) is 2. The molecule has 4 heterocycles. The summed E-state index contributed by atoms with van der Waals surface area (Å²) in [5, 5.41) is 29.6. The molecule has 1 aliphatic carbocycles. The molecule has 1 amide bonds. The Labute approximate surface area is 215 Å². The molecule has 5 rings (SSSR count). The van der Waals surface area contributed by atoms with Crippen molar-refractivity contribution in [3.63, 3.8) is 0 Å². The van der Waals surface area contributed by atoms with E-state index in [1.54, 1.807) is 10.6 Å². The topological polar surface area (TPSA) is 119 Å². The van der Waals surface area contributed by atoms with Crippen molar-refractivity contribution in [2.45, 2.75) is 44.5 Å². The van der Waals surface area contributed by atoms with Gasteiger partial charge >= 0.3 is 0 Å². The van der Waals surface area contributed by atoms with Crippen molar-refractivity contribution in [1.29, 1.82) is 5.26 Å². The molecule has 3 aromatic heterocycles. The maximum atomic E-state index is 14.3. The quantitative estimate of drug-likeness (QED) is 0.452. The molecule has 194 valence electrons. The van der Waals surface area contributed by atoms with E-state index in [-0.39, 0.29) is 12.6 Å². The average molecular weight is 506 g/mol. The number of anilines is 1. The van der Waals surface area contributed by atoms with Crippen molar-refractivity contribution in [2.75, 3.05) is 32.0 Å². The Balaban J connectivity index is 1.44. The minimum Gasteiger partial charge on any atom is -0.387 e. The molecule has 2 aliphatic rings. The van der Waals surface area contributed by atoms with Gasteiger partial charge in [-0.15, -0.1) is 0 Å². The van der Waals surface area contributed by atoms with Gasteiger partial charge in [0.05, 0.1) is 52.1 Å². The van der Waals surface area contributed by atoms with Gasteiger partial charge in [-0.3, -0.25) is 9.78 Å². The summed E-state index contributed by atoms with van der Waals surface area (Å²) in [4.78, 5) is 20.0. The molecule has 3 N–H and O–H groups in total. The van der Waals surface area contributed by atoms with Crippen LogP contribution in [0.4, 0.5) is 10.1 Å². The molecule has 0 unspecified atom stereocenters. The second-order valence-electron chi connectivity index (χ2n) is 10.9. The number of hydrogen-bond acceptors (Lipinski definition) is 7. The molecule has 37 heavy (non-hydrogen) atoms. The molecule has 2 fully saturated rings. The highest BCUT2D eigenvalue weighted by Gasteiger charge is 2.40. The summed E-state index contributed by atoms with van der Waals surface area (Å²) in [6, 6.07) is 9.64. The van der Waals surface area contributed by atoms with Crippen molar-refractivity contribution >= 4 is 17.1 Å². The van der Waals surface area contributed by atoms with Gasteiger partial charge in [0.25, 0.3) is 5.91 Å². The molecule has 1 aliphatic heterocycles. The predicted octanol–water partition coefficient (Wildman–Crippen LogP) is 2.86. The van der Waals surface area contributed by atoms with Gasteiger partial charge in [0.2, 0.25) is 0 Å². The maximum Gasteiger partial charge on any atom is 0.255 e. The summed E-state index contributed by atoms with van der Waals surface area (Å²) < 4.78 is 16.0. The first kappa shape index (κ1) is 25.1. The van der Waals surface area contributed by atoms with E-state index in [2.05, 4.69) is 38.7 Å². The van der Waals surface area contributed by atoms with Gasteiger partial charge in [-0.1, -0.05) is 0 Å². The van der Waals surface area contributed by atoms with Crippen molar-refractivity contribution < 1.29 is 14.3 Å². The largest absolute Gasteiger partial charge is 0.387 e. The number of aliphatic hydroxyl groups is 1. The Morgan fingerprint density at radius 3 is 2.68 bits per heavy atom. The second kappa shape index (κ2) is 9.72. The zero-order valence-corrected chi connectivity index (χ0v) is 21.3. The minimum atomic E-state index is -1.61. The summed E-state index contributed by atoms with van der Waals surface area (Å²) in [6.07, 6.45) is 3.43. The molecule has 1 saturated carbocycles. The third-order valence-corrected chi connectivity index (χ3v) is 7.54. The molecule has 9 nitrogen and oxygen atoms in total. The molecule has 0 spiro atoms. The number of nitriles is 1.